The molecule has 0 aliphatic heterocycles. The van der Waals surface area contributed by atoms with E-state index >= 15 is 0 Å². The molecule has 4 amide bonds. The lowest BCUT2D eigenvalue weighted by atomic mass is 10.0. The second-order valence-corrected chi connectivity index (χ2v) is 5.16. The minimum atomic E-state index is -0.759. The molecule has 0 aromatic heterocycles. The third-order valence-corrected chi connectivity index (χ3v) is 2.98. The number of amides is 4. The second-order valence-electron chi connectivity index (χ2n) is 5.16. The van der Waals surface area contributed by atoms with E-state index in [1.54, 1.807) is 38.1 Å². The average molecular weight is 306 g/mol. The standard InChI is InChI=1S/C15H22N4O3/c1-4-17-13(20)10-6-5-7-11(8-10)18-14(21)12(9(2)3)19-15(16)22/h5-9,12H,4H2,1-3H3,(H,17,20)(H,18,21)(H3,16,19,22)/t12-/m0/s1. The van der Waals surface area contributed by atoms with Crippen molar-refractivity contribution >= 4 is 23.5 Å². The summed E-state index contributed by atoms with van der Waals surface area (Å²) in [6.45, 7) is 5.94. The molecule has 1 rings (SSSR count). The fourth-order valence-electron chi connectivity index (χ4n) is 1.91. The van der Waals surface area contributed by atoms with Gasteiger partial charge in [-0.25, -0.2) is 4.79 Å². The summed E-state index contributed by atoms with van der Waals surface area (Å²) in [6.07, 6.45) is 0. The molecule has 0 unspecified atom stereocenters. The lowest BCUT2D eigenvalue weighted by Crippen LogP contribution is -2.49. The highest BCUT2D eigenvalue weighted by Gasteiger charge is 2.23. The first-order chi connectivity index (χ1) is 10.3. The van der Waals surface area contributed by atoms with Gasteiger partial charge in [-0.15, -0.1) is 0 Å². The third-order valence-electron chi connectivity index (χ3n) is 2.98. The van der Waals surface area contributed by atoms with Gasteiger partial charge in [0, 0.05) is 17.8 Å². The summed E-state index contributed by atoms with van der Waals surface area (Å²) in [5.41, 5.74) is 6.00. The molecule has 0 radical (unpaired) electrons. The Morgan fingerprint density at radius 1 is 1.23 bits per heavy atom. The minimum absolute atomic E-state index is 0.126. The normalized spacial score (nSPS) is 11.6. The van der Waals surface area contributed by atoms with Crippen molar-refractivity contribution in [3.05, 3.63) is 29.8 Å². The molecule has 0 aliphatic carbocycles. The van der Waals surface area contributed by atoms with E-state index < -0.39 is 12.1 Å². The molecule has 7 heteroatoms. The number of carbonyl (C=O) groups excluding carboxylic acids is 3. The van der Waals surface area contributed by atoms with Crippen LogP contribution in [0.1, 0.15) is 31.1 Å². The molecule has 0 saturated carbocycles. The zero-order chi connectivity index (χ0) is 16.7. The second kappa shape index (κ2) is 8.02. The zero-order valence-electron chi connectivity index (χ0n) is 13.0. The van der Waals surface area contributed by atoms with Crippen LogP contribution >= 0.6 is 0 Å². The molecule has 1 aromatic rings. The largest absolute Gasteiger partial charge is 0.352 e. The van der Waals surface area contributed by atoms with Crippen molar-refractivity contribution in [3.8, 4) is 0 Å². The lowest BCUT2D eigenvalue weighted by Gasteiger charge is -2.20. The maximum Gasteiger partial charge on any atom is 0.312 e. The van der Waals surface area contributed by atoms with Gasteiger partial charge in [0.25, 0.3) is 5.91 Å². The van der Waals surface area contributed by atoms with Crippen LogP contribution < -0.4 is 21.7 Å². The fourth-order valence-corrected chi connectivity index (χ4v) is 1.91. The number of nitrogens with one attached hydrogen (secondary N) is 3. The number of anilines is 1. The van der Waals surface area contributed by atoms with Crippen molar-refractivity contribution in [2.75, 3.05) is 11.9 Å². The number of primary amides is 1. The molecule has 22 heavy (non-hydrogen) atoms. The Balaban J connectivity index is 2.84. The van der Waals surface area contributed by atoms with E-state index in [0.717, 1.165) is 0 Å². The topological polar surface area (TPSA) is 113 Å². The van der Waals surface area contributed by atoms with E-state index in [2.05, 4.69) is 16.0 Å². The Bertz CT molecular complexity index is 557. The monoisotopic (exact) mass is 306 g/mol. The number of hydrogen-bond donors (Lipinski definition) is 4. The lowest BCUT2D eigenvalue weighted by molar-refractivity contribution is -0.118. The molecule has 1 atom stereocenters. The van der Waals surface area contributed by atoms with Crippen LogP contribution in [0, 0.1) is 5.92 Å². The Kier molecular flexibility index (Phi) is 6.37. The number of urea groups is 1. The maximum atomic E-state index is 12.2. The Morgan fingerprint density at radius 2 is 1.91 bits per heavy atom. The van der Waals surface area contributed by atoms with Gasteiger partial charge in [-0.3, -0.25) is 9.59 Å². The third kappa shape index (κ3) is 5.08. The summed E-state index contributed by atoms with van der Waals surface area (Å²) in [5.74, 6) is -0.727. The van der Waals surface area contributed by atoms with Crippen molar-refractivity contribution in [2.45, 2.75) is 26.8 Å². The SMILES string of the molecule is CCNC(=O)c1cccc(NC(=O)[C@@H](NC(N)=O)C(C)C)c1. The van der Waals surface area contributed by atoms with Crippen molar-refractivity contribution in [3.63, 3.8) is 0 Å². The van der Waals surface area contributed by atoms with Gasteiger partial charge >= 0.3 is 6.03 Å². The Labute approximate surface area is 129 Å². The quantitative estimate of drug-likeness (QED) is 0.630. The molecule has 0 saturated heterocycles. The Hall–Kier alpha value is -2.57. The first-order valence-electron chi connectivity index (χ1n) is 7.10. The highest BCUT2D eigenvalue weighted by Crippen LogP contribution is 2.12. The number of benzene rings is 1. The number of rotatable bonds is 6. The van der Waals surface area contributed by atoms with Gasteiger partial charge in [-0.2, -0.15) is 0 Å². The molecule has 5 N–H and O–H groups in total. The maximum absolute atomic E-state index is 12.2. The average Bonchev–Trinajstić information content (AvgIpc) is 2.44. The van der Waals surface area contributed by atoms with Crippen LogP contribution in [0.25, 0.3) is 0 Å². The van der Waals surface area contributed by atoms with Gasteiger partial charge in [-0.1, -0.05) is 19.9 Å². The van der Waals surface area contributed by atoms with E-state index in [4.69, 9.17) is 5.73 Å². The zero-order valence-corrected chi connectivity index (χ0v) is 13.0. The van der Waals surface area contributed by atoms with E-state index in [1.807, 2.05) is 6.92 Å². The van der Waals surface area contributed by atoms with E-state index in [9.17, 15) is 14.4 Å². The highest BCUT2D eigenvalue weighted by molar-refractivity contribution is 5.99. The molecule has 0 aliphatic rings. The summed E-state index contributed by atoms with van der Waals surface area (Å²) in [4.78, 5) is 35.0. The van der Waals surface area contributed by atoms with Gasteiger partial charge in [0.1, 0.15) is 6.04 Å². The fraction of sp³-hybridized carbons (Fsp3) is 0.400. The smallest absolute Gasteiger partial charge is 0.312 e. The summed E-state index contributed by atoms with van der Waals surface area (Å²) >= 11 is 0. The first-order valence-corrected chi connectivity index (χ1v) is 7.10. The van der Waals surface area contributed by atoms with Crippen molar-refractivity contribution in [2.24, 2.45) is 11.7 Å². The molecular formula is C15H22N4O3. The molecule has 7 nitrogen and oxygen atoms in total. The van der Waals surface area contributed by atoms with Gasteiger partial charge < -0.3 is 21.7 Å². The molecule has 0 heterocycles. The number of nitrogens with two attached hydrogens (primary N) is 1. The van der Waals surface area contributed by atoms with Crippen LogP contribution in [0.2, 0.25) is 0 Å². The van der Waals surface area contributed by atoms with Crippen LogP contribution in [0.5, 0.6) is 0 Å². The molecule has 0 fully saturated rings. The molecule has 0 spiro atoms. The predicted octanol–water partition coefficient (Wildman–Crippen LogP) is 1.07. The molecular weight excluding hydrogens is 284 g/mol. The summed E-state index contributed by atoms with van der Waals surface area (Å²) in [5, 5.41) is 7.77. The minimum Gasteiger partial charge on any atom is -0.352 e. The van der Waals surface area contributed by atoms with Crippen LogP contribution in [0.3, 0.4) is 0 Å². The van der Waals surface area contributed by atoms with E-state index in [-0.39, 0.29) is 17.7 Å². The van der Waals surface area contributed by atoms with Crippen molar-refractivity contribution in [1.29, 1.82) is 0 Å². The van der Waals surface area contributed by atoms with Crippen LogP contribution in [0.15, 0.2) is 24.3 Å². The van der Waals surface area contributed by atoms with Gasteiger partial charge in [0.05, 0.1) is 0 Å². The molecule has 120 valence electrons. The molecule has 1 aromatic carbocycles. The summed E-state index contributed by atoms with van der Waals surface area (Å²) in [6, 6.07) is 5.07. The predicted molar refractivity (Wildman–Crippen MR) is 84.4 cm³/mol. The van der Waals surface area contributed by atoms with Crippen LogP contribution in [-0.4, -0.2) is 30.4 Å². The molecule has 0 bridgehead atoms. The Morgan fingerprint density at radius 3 is 2.45 bits per heavy atom. The number of hydrogen-bond acceptors (Lipinski definition) is 3. The van der Waals surface area contributed by atoms with Crippen molar-refractivity contribution < 1.29 is 14.4 Å². The van der Waals surface area contributed by atoms with Gasteiger partial charge in [-0.05, 0) is 31.0 Å². The summed E-state index contributed by atoms with van der Waals surface area (Å²) in [7, 11) is 0. The van der Waals surface area contributed by atoms with E-state index in [1.165, 1.54) is 0 Å². The first kappa shape index (κ1) is 17.5. The van der Waals surface area contributed by atoms with Crippen molar-refractivity contribution in [1.82, 2.24) is 10.6 Å². The van der Waals surface area contributed by atoms with E-state index in [0.29, 0.717) is 17.8 Å². The number of carbonyl (C=O) groups is 3. The van der Waals surface area contributed by atoms with Gasteiger partial charge in [0.15, 0.2) is 0 Å². The van der Waals surface area contributed by atoms with Gasteiger partial charge in [0.2, 0.25) is 5.91 Å². The highest BCUT2D eigenvalue weighted by atomic mass is 16.2. The van der Waals surface area contributed by atoms with Crippen LogP contribution in [-0.2, 0) is 4.79 Å². The summed E-state index contributed by atoms with van der Waals surface area (Å²) < 4.78 is 0. The van der Waals surface area contributed by atoms with Crippen LogP contribution in [0.4, 0.5) is 10.5 Å².